The Morgan fingerprint density at radius 1 is 1.04 bits per heavy atom. The molecule has 0 bridgehead atoms. The van der Waals surface area contributed by atoms with Crippen LogP contribution in [0.5, 0.6) is 11.5 Å². The van der Waals surface area contributed by atoms with Gasteiger partial charge in [-0.05, 0) is 37.3 Å². The third kappa shape index (κ3) is 2.73. The Bertz CT molecular complexity index is 1180. The van der Waals surface area contributed by atoms with E-state index in [1.807, 2.05) is 49.4 Å². The maximum Gasteiger partial charge on any atom is 0.197 e. The van der Waals surface area contributed by atoms with Gasteiger partial charge in [0, 0.05) is 10.9 Å². The van der Waals surface area contributed by atoms with Crippen molar-refractivity contribution in [1.82, 2.24) is 9.97 Å². The van der Waals surface area contributed by atoms with E-state index >= 15 is 0 Å². The number of nitrogens with one attached hydrogen (secondary N) is 1. The van der Waals surface area contributed by atoms with Crippen LogP contribution < -0.4 is 14.9 Å². The zero-order chi connectivity index (χ0) is 18.2. The summed E-state index contributed by atoms with van der Waals surface area (Å²) in [4.78, 5) is 8.61. The molecule has 2 aromatic heterocycles. The van der Waals surface area contributed by atoms with Gasteiger partial charge in [0.25, 0.3) is 0 Å². The topological polar surface area (TPSA) is 81.8 Å². The van der Waals surface area contributed by atoms with Crippen LogP contribution in [0.25, 0.3) is 22.1 Å². The first kappa shape index (κ1) is 15.6. The van der Waals surface area contributed by atoms with Crippen molar-refractivity contribution in [2.24, 2.45) is 5.10 Å². The van der Waals surface area contributed by atoms with Gasteiger partial charge in [-0.3, -0.25) is 5.43 Å². The molecule has 27 heavy (non-hydrogen) atoms. The van der Waals surface area contributed by atoms with Crippen molar-refractivity contribution in [2.75, 3.05) is 18.6 Å². The Hall–Kier alpha value is -3.61. The number of rotatable bonds is 3. The predicted octanol–water partition coefficient (Wildman–Crippen LogP) is 3.98. The number of hydrogen-bond acceptors (Lipinski definition) is 7. The molecule has 1 N–H and O–H groups in total. The summed E-state index contributed by atoms with van der Waals surface area (Å²) in [6.45, 7) is 3.04. The number of nitrogens with zero attached hydrogens (tertiary/aromatic N) is 3. The SMILES string of the molecule is C/C(=N/Nc1ncnc2c1oc1ccccc12)c1ccc2c(c1)OCCO2. The molecule has 0 amide bonds. The van der Waals surface area contributed by atoms with Gasteiger partial charge in [-0.2, -0.15) is 5.10 Å². The molecule has 134 valence electrons. The number of anilines is 1. The number of hydrazone groups is 1. The predicted molar refractivity (Wildman–Crippen MR) is 103 cm³/mol. The van der Waals surface area contributed by atoms with E-state index in [4.69, 9.17) is 13.9 Å². The zero-order valence-electron chi connectivity index (χ0n) is 14.6. The molecule has 5 rings (SSSR count). The molecule has 1 aliphatic heterocycles. The van der Waals surface area contributed by atoms with E-state index < -0.39 is 0 Å². The molecule has 0 aliphatic carbocycles. The number of fused-ring (bicyclic) bond motifs is 4. The Labute approximate surface area is 154 Å². The van der Waals surface area contributed by atoms with Crippen molar-refractivity contribution in [1.29, 1.82) is 0 Å². The second-order valence-electron chi connectivity index (χ2n) is 6.17. The second-order valence-corrected chi connectivity index (χ2v) is 6.17. The molecule has 7 nitrogen and oxygen atoms in total. The van der Waals surface area contributed by atoms with Gasteiger partial charge in [0.1, 0.15) is 30.6 Å². The molecule has 0 atom stereocenters. The van der Waals surface area contributed by atoms with Crippen LogP contribution in [-0.4, -0.2) is 28.9 Å². The van der Waals surface area contributed by atoms with E-state index in [-0.39, 0.29) is 0 Å². The van der Waals surface area contributed by atoms with Crippen LogP contribution in [0.2, 0.25) is 0 Å². The molecule has 7 heteroatoms. The average molecular weight is 360 g/mol. The Kier molecular flexibility index (Phi) is 3.64. The fourth-order valence-electron chi connectivity index (χ4n) is 3.07. The number of para-hydroxylation sites is 1. The lowest BCUT2D eigenvalue weighted by molar-refractivity contribution is 0.171. The molecule has 0 saturated carbocycles. The average Bonchev–Trinajstić information content (AvgIpc) is 3.11. The van der Waals surface area contributed by atoms with Crippen molar-refractivity contribution in [2.45, 2.75) is 6.92 Å². The highest BCUT2D eigenvalue weighted by atomic mass is 16.6. The molecule has 3 heterocycles. The molecule has 0 fully saturated rings. The number of ether oxygens (including phenoxy) is 2. The van der Waals surface area contributed by atoms with E-state index in [1.54, 1.807) is 0 Å². The normalized spacial score (nSPS) is 13.9. The first-order valence-corrected chi connectivity index (χ1v) is 8.62. The third-order valence-corrected chi connectivity index (χ3v) is 4.45. The van der Waals surface area contributed by atoms with Crippen molar-refractivity contribution in [3.63, 3.8) is 0 Å². The van der Waals surface area contributed by atoms with Gasteiger partial charge in [-0.1, -0.05) is 12.1 Å². The summed E-state index contributed by atoms with van der Waals surface area (Å²) in [6, 6.07) is 13.5. The largest absolute Gasteiger partial charge is 0.486 e. The van der Waals surface area contributed by atoms with Crippen LogP contribution >= 0.6 is 0 Å². The third-order valence-electron chi connectivity index (χ3n) is 4.45. The van der Waals surface area contributed by atoms with Crippen molar-refractivity contribution >= 4 is 33.6 Å². The summed E-state index contributed by atoms with van der Waals surface area (Å²) in [5.74, 6) is 2.01. The van der Waals surface area contributed by atoms with E-state index in [2.05, 4.69) is 20.5 Å². The number of aromatic nitrogens is 2. The lowest BCUT2D eigenvalue weighted by Crippen LogP contribution is -2.15. The lowest BCUT2D eigenvalue weighted by Gasteiger charge is -2.18. The summed E-state index contributed by atoms with van der Waals surface area (Å²) >= 11 is 0. The molecule has 0 unspecified atom stereocenters. The minimum Gasteiger partial charge on any atom is -0.486 e. The van der Waals surface area contributed by atoms with E-state index in [1.165, 1.54) is 6.33 Å². The van der Waals surface area contributed by atoms with Gasteiger partial charge < -0.3 is 13.9 Å². The summed E-state index contributed by atoms with van der Waals surface area (Å²) < 4.78 is 17.1. The first-order chi connectivity index (χ1) is 13.3. The molecule has 1 aliphatic rings. The Morgan fingerprint density at radius 3 is 2.81 bits per heavy atom. The summed E-state index contributed by atoms with van der Waals surface area (Å²) in [5.41, 5.74) is 6.82. The highest BCUT2D eigenvalue weighted by Gasteiger charge is 2.14. The first-order valence-electron chi connectivity index (χ1n) is 8.62. The number of hydrogen-bond donors (Lipinski definition) is 1. The second kappa shape index (κ2) is 6.28. The molecule has 2 aromatic carbocycles. The maximum atomic E-state index is 5.90. The fraction of sp³-hybridized carbons (Fsp3) is 0.150. The zero-order valence-corrected chi connectivity index (χ0v) is 14.6. The van der Waals surface area contributed by atoms with Gasteiger partial charge in [0.15, 0.2) is 22.9 Å². The van der Waals surface area contributed by atoms with Crippen LogP contribution in [-0.2, 0) is 0 Å². The van der Waals surface area contributed by atoms with E-state index in [0.717, 1.165) is 39.3 Å². The Balaban J connectivity index is 1.48. The van der Waals surface area contributed by atoms with Crippen molar-refractivity contribution in [3.05, 3.63) is 54.4 Å². The van der Waals surface area contributed by atoms with Gasteiger partial charge >= 0.3 is 0 Å². The summed E-state index contributed by atoms with van der Waals surface area (Å²) in [6.07, 6.45) is 1.50. The highest BCUT2D eigenvalue weighted by molar-refractivity contribution is 6.05. The Morgan fingerprint density at radius 2 is 1.89 bits per heavy atom. The standard InChI is InChI=1S/C20H16N4O3/c1-12(13-6-7-16-17(10-13)26-9-8-25-16)23-24-20-19-18(21-11-22-20)14-4-2-3-5-15(14)27-19/h2-7,10-11H,8-9H2,1H3,(H,21,22,24)/b23-12-. The smallest absolute Gasteiger partial charge is 0.197 e. The fourth-order valence-corrected chi connectivity index (χ4v) is 3.07. The van der Waals surface area contributed by atoms with Crippen LogP contribution in [0.15, 0.2) is 58.3 Å². The van der Waals surface area contributed by atoms with Gasteiger partial charge in [0.05, 0.1) is 5.71 Å². The van der Waals surface area contributed by atoms with Crippen LogP contribution in [0.1, 0.15) is 12.5 Å². The van der Waals surface area contributed by atoms with Crippen LogP contribution in [0, 0.1) is 0 Å². The number of benzene rings is 2. The van der Waals surface area contributed by atoms with Gasteiger partial charge in [0.2, 0.25) is 0 Å². The molecule has 0 radical (unpaired) electrons. The quantitative estimate of drug-likeness (QED) is 0.439. The van der Waals surface area contributed by atoms with E-state index in [0.29, 0.717) is 24.6 Å². The van der Waals surface area contributed by atoms with Crippen molar-refractivity contribution < 1.29 is 13.9 Å². The van der Waals surface area contributed by atoms with Gasteiger partial charge in [-0.25, -0.2) is 9.97 Å². The van der Waals surface area contributed by atoms with Crippen LogP contribution in [0.3, 0.4) is 0 Å². The summed E-state index contributed by atoms with van der Waals surface area (Å²) in [7, 11) is 0. The minimum absolute atomic E-state index is 0.521. The number of furan rings is 1. The van der Waals surface area contributed by atoms with E-state index in [9.17, 15) is 0 Å². The molecule has 0 spiro atoms. The molecular formula is C20H16N4O3. The minimum atomic E-state index is 0.521. The molecule has 4 aromatic rings. The maximum absolute atomic E-state index is 5.90. The highest BCUT2D eigenvalue weighted by Crippen LogP contribution is 2.32. The van der Waals surface area contributed by atoms with Crippen molar-refractivity contribution in [3.8, 4) is 11.5 Å². The molecule has 0 saturated heterocycles. The summed E-state index contributed by atoms with van der Waals surface area (Å²) in [5, 5.41) is 5.40. The monoisotopic (exact) mass is 360 g/mol. The van der Waals surface area contributed by atoms with Gasteiger partial charge in [-0.15, -0.1) is 0 Å². The van der Waals surface area contributed by atoms with Crippen LogP contribution in [0.4, 0.5) is 5.82 Å². The lowest BCUT2D eigenvalue weighted by atomic mass is 10.1. The molecular weight excluding hydrogens is 344 g/mol.